The van der Waals surface area contributed by atoms with Crippen molar-refractivity contribution in [2.24, 2.45) is 5.92 Å². The Hall–Kier alpha value is -2.91. The zero-order chi connectivity index (χ0) is 16.7. The highest BCUT2D eigenvalue weighted by atomic mass is 16.1. The number of aryl methyl sites for hydroxylation is 1. The molecule has 3 nitrogen and oxygen atoms in total. The van der Waals surface area contributed by atoms with Crippen molar-refractivity contribution in [2.45, 2.75) is 25.7 Å². The second-order valence-corrected chi connectivity index (χ2v) is 5.43. The molecule has 0 bridgehead atoms. The van der Waals surface area contributed by atoms with E-state index < -0.39 is 11.8 Å². The number of benzene rings is 2. The summed E-state index contributed by atoms with van der Waals surface area (Å²) < 4.78 is 0. The lowest BCUT2D eigenvalue weighted by molar-refractivity contribution is 0.0971. The minimum Gasteiger partial charge on any atom is -0.294 e. The van der Waals surface area contributed by atoms with Crippen molar-refractivity contribution in [2.75, 3.05) is 0 Å². The second kappa shape index (κ2) is 7.92. The van der Waals surface area contributed by atoms with Crippen molar-refractivity contribution in [3.8, 4) is 12.1 Å². The molecule has 0 fully saturated rings. The first-order valence-electron chi connectivity index (χ1n) is 7.66. The van der Waals surface area contributed by atoms with Crippen LogP contribution in [-0.4, -0.2) is 5.78 Å². The van der Waals surface area contributed by atoms with Gasteiger partial charge in [-0.15, -0.1) is 0 Å². The SMILES string of the molecule is CCc1ccc(C(=O)C[C@@H](c2ccccc2)C(C#N)C#N)cc1. The summed E-state index contributed by atoms with van der Waals surface area (Å²) in [4.78, 5) is 12.5. The molecule has 2 aromatic rings. The van der Waals surface area contributed by atoms with Gasteiger partial charge in [-0.2, -0.15) is 10.5 Å². The molecule has 0 unspecified atom stereocenters. The molecule has 0 aliphatic carbocycles. The molecule has 0 radical (unpaired) electrons. The van der Waals surface area contributed by atoms with Crippen LogP contribution in [0.5, 0.6) is 0 Å². The number of ketones is 1. The Balaban J connectivity index is 2.25. The molecule has 2 aromatic carbocycles. The Morgan fingerprint density at radius 3 is 2.13 bits per heavy atom. The predicted molar refractivity (Wildman–Crippen MR) is 88.7 cm³/mol. The Labute approximate surface area is 136 Å². The monoisotopic (exact) mass is 302 g/mol. The van der Waals surface area contributed by atoms with E-state index in [4.69, 9.17) is 0 Å². The van der Waals surface area contributed by atoms with Gasteiger partial charge in [0, 0.05) is 17.9 Å². The number of rotatable bonds is 6. The lowest BCUT2D eigenvalue weighted by atomic mass is 9.83. The fourth-order valence-electron chi connectivity index (χ4n) is 2.58. The van der Waals surface area contributed by atoms with Crippen LogP contribution in [0.15, 0.2) is 54.6 Å². The van der Waals surface area contributed by atoms with Gasteiger partial charge in [-0.3, -0.25) is 4.79 Å². The largest absolute Gasteiger partial charge is 0.294 e. The van der Waals surface area contributed by atoms with Crippen molar-refractivity contribution >= 4 is 5.78 Å². The third kappa shape index (κ3) is 4.05. The molecule has 0 aliphatic rings. The summed E-state index contributed by atoms with van der Waals surface area (Å²) in [6.07, 6.45) is 1.08. The third-order valence-corrected chi connectivity index (χ3v) is 4.00. The summed E-state index contributed by atoms with van der Waals surface area (Å²) in [6, 6.07) is 20.8. The van der Waals surface area contributed by atoms with Crippen molar-refractivity contribution in [1.29, 1.82) is 10.5 Å². The van der Waals surface area contributed by atoms with Gasteiger partial charge in [0.05, 0.1) is 12.1 Å². The Morgan fingerprint density at radius 2 is 1.61 bits per heavy atom. The minimum absolute atomic E-state index is 0.0444. The summed E-state index contributed by atoms with van der Waals surface area (Å²) >= 11 is 0. The molecule has 0 aliphatic heterocycles. The maximum atomic E-state index is 12.5. The Kier molecular flexibility index (Phi) is 5.67. The van der Waals surface area contributed by atoms with Crippen LogP contribution in [0.25, 0.3) is 0 Å². The topological polar surface area (TPSA) is 64.7 Å². The lowest BCUT2D eigenvalue weighted by Crippen LogP contribution is -2.15. The lowest BCUT2D eigenvalue weighted by Gasteiger charge is -2.17. The molecule has 114 valence electrons. The molecule has 0 N–H and O–H groups in total. The van der Waals surface area contributed by atoms with Crippen molar-refractivity contribution in [3.63, 3.8) is 0 Å². The minimum atomic E-state index is -0.837. The fourth-order valence-corrected chi connectivity index (χ4v) is 2.58. The molecular formula is C20H18N2O. The number of nitrogens with zero attached hydrogens (tertiary/aromatic N) is 2. The first kappa shape index (κ1) is 16.5. The van der Waals surface area contributed by atoms with E-state index >= 15 is 0 Å². The fraction of sp³-hybridized carbons (Fsp3) is 0.250. The average molecular weight is 302 g/mol. The zero-order valence-electron chi connectivity index (χ0n) is 13.1. The molecule has 0 amide bonds. The second-order valence-electron chi connectivity index (χ2n) is 5.43. The molecular weight excluding hydrogens is 284 g/mol. The number of hydrogen-bond donors (Lipinski definition) is 0. The number of Topliss-reactive ketones (excluding diaryl/α,β-unsaturated/α-hetero) is 1. The highest BCUT2D eigenvalue weighted by Gasteiger charge is 2.26. The number of hydrogen-bond acceptors (Lipinski definition) is 3. The van der Waals surface area contributed by atoms with Crippen LogP contribution in [0.3, 0.4) is 0 Å². The van der Waals surface area contributed by atoms with Crippen LogP contribution in [0.1, 0.15) is 40.7 Å². The first-order chi connectivity index (χ1) is 11.2. The van der Waals surface area contributed by atoms with Gasteiger partial charge in [0.15, 0.2) is 5.78 Å². The Morgan fingerprint density at radius 1 is 1.00 bits per heavy atom. The van der Waals surface area contributed by atoms with Gasteiger partial charge >= 0.3 is 0 Å². The third-order valence-electron chi connectivity index (χ3n) is 4.00. The maximum absolute atomic E-state index is 12.5. The average Bonchev–Trinajstić information content (AvgIpc) is 2.62. The van der Waals surface area contributed by atoms with Crippen molar-refractivity contribution in [1.82, 2.24) is 0 Å². The van der Waals surface area contributed by atoms with Crippen LogP contribution >= 0.6 is 0 Å². The smallest absolute Gasteiger partial charge is 0.163 e. The summed E-state index contributed by atoms with van der Waals surface area (Å²) in [5, 5.41) is 18.5. The molecule has 0 saturated heterocycles. The Bertz CT molecular complexity index is 722. The van der Waals surface area contributed by atoms with Crippen LogP contribution < -0.4 is 0 Å². The molecule has 0 aromatic heterocycles. The van der Waals surface area contributed by atoms with Gasteiger partial charge in [-0.25, -0.2) is 0 Å². The van der Waals surface area contributed by atoms with E-state index in [0.717, 1.165) is 12.0 Å². The van der Waals surface area contributed by atoms with E-state index in [1.165, 1.54) is 5.56 Å². The number of nitriles is 2. The first-order valence-corrected chi connectivity index (χ1v) is 7.66. The van der Waals surface area contributed by atoms with Gasteiger partial charge in [0.2, 0.25) is 0 Å². The maximum Gasteiger partial charge on any atom is 0.163 e. The van der Waals surface area contributed by atoms with Gasteiger partial charge in [0.25, 0.3) is 0 Å². The van der Waals surface area contributed by atoms with Gasteiger partial charge in [-0.1, -0.05) is 61.5 Å². The molecule has 1 atom stereocenters. The van der Waals surface area contributed by atoms with Gasteiger partial charge in [-0.05, 0) is 17.5 Å². The number of carbonyl (C=O) groups is 1. The van der Waals surface area contributed by atoms with Crippen LogP contribution in [0.2, 0.25) is 0 Å². The predicted octanol–water partition coefficient (Wildman–Crippen LogP) is 4.27. The van der Waals surface area contributed by atoms with Crippen molar-refractivity contribution in [3.05, 3.63) is 71.3 Å². The van der Waals surface area contributed by atoms with E-state index in [0.29, 0.717) is 5.56 Å². The van der Waals surface area contributed by atoms with Crippen LogP contribution in [0.4, 0.5) is 0 Å². The van der Waals surface area contributed by atoms with E-state index in [2.05, 4.69) is 6.92 Å². The van der Waals surface area contributed by atoms with Gasteiger partial charge < -0.3 is 0 Å². The normalized spacial score (nSPS) is 11.5. The van der Waals surface area contributed by atoms with Crippen LogP contribution in [0, 0.1) is 28.6 Å². The molecule has 23 heavy (non-hydrogen) atoms. The molecule has 2 rings (SSSR count). The number of carbonyl (C=O) groups excluding carboxylic acids is 1. The quantitative estimate of drug-likeness (QED) is 0.748. The van der Waals surface area contributed by atoms with E-state index in [1.807, 2.05) is 66.7 Å². The molecule has 0 heterocycles. The summed E-state index contributed by atoms with van der Waals surface area (Å²) in [5.41, 5.74) is 2.64. The summed E-state index contributed by atoms with van der Waals surface area (Å²) in [7, 11) is 0. The summed E-state index contributed by atoms with van der Waals surface area (Å²) in [5.74, 6) is -1.29. The van der Waals surface area contributed by atoms with Crippen molar-refractivity contribution < 1.29 is 4.79 Å². The summed E-state index contributed by atoms with van der Waals surface area (Å²) in [6.45, 7) is 2.06. The highest BCUT2D eigenvalue weighted by Crippen LogP contribution is 2.29. The molecule has 0 spiro atoms. The standard InChI is InChI=1S/C20H18N2O/c1-2-15-8-10-17(11-9-15)20(23)12-19(18(13-21)14-22)16-6-4-3-5-7-16/h3-11,18-19H,2,12H2,1H3/t19-/m0/s1. The molecule has 0 saturated carbocycles. The van der Waals surface area contributed by atoms with Crippen LogP contribution in [-0.2, 0) is 6.42 Å². The zero-order valence-corrected chi connectivity index (χ0v) is 13.1. The van der Waals surface area contributed by atoms with E-state index in [-0.39, 0.29) is 12.2 Å². The van der Waals surface area contributed by atoms with E-state index in [9.17, 15) is 15.3 Å². The molecule has 3 heteroatoms. The highest BCUT2D eigenvalue weighted by molar-refractivity contribution is 5.96. The van der Waals surface area contributed by atoms with E-state index in [1.54, 1.807) is 0 Å². The van der Waals surface area contributed by atoms with Gasteiger partial charge in [0.1, 0.15) is 5.92 Å².